The average molecular weight is 263 g/mol. The standard InChI is InChI=1S/C16H25NS/c1-10(2)13-11-7-15(3)6-5-12(11)16(4,8-15)14(13)17-9-18/h10-14H,5-8H2,1-4H3. The van der Waals surface area contributed by atoms with Gasteiger partial charge in [0.15, 0.2) is 0 Å². The van der Waals surface area contributed by atoms with Gasteiger partial charge in [-0.25, -0.2) is 4.99 Å². The third-order valence-electron chi connectivity index (χ3n) is 6.46. The molecule has 1 nitrogen and oxygen atoms in total. The molecule has 6 atom stereocenters. The summed E-state index contributed by atoms with van der Waals surface area (Å²) < 4.78 is 0. The van der Waals surface area contributed by atoms with Crippen LogP contribution in [-0.2, 0) is 0 Å². The van der Waals surface area contributed by atoms with E-state index in [1.54, 1.807) is 0 Å². The van der Waals surface area contributed by atoms with Gasteiger partial charge < -0.3 is 0 Å². The normalized spacial score (nSPS) is 53.6. The molecule has 4 aliphatic rings. The Balaban J connectivity index is 2.08. The fraction of sp³-hybridized carbons (Fsp3) is 0.938. The van der Waals surface area contributed by atoms with E-state index in [0.717, 1.165) is 23.7 Å². The summed E-state index contributed by atoms with van der Waals surface area (Å²) in [7, 11) is 0. The predicted molar refractivity (Wildman–Crippen MR) is 78.8 cm³/mol. The molecule has 4 aliphatic carbocycles. The molecular formula is C16H25NS. The van der Waals surface area contributed by atoms with Crippen molar-refractivity contribution in [2.75, 3.05) is 0 Å². The molecule has 2 heteroatoms. The molecule has 0 aromatic heterocycles. The smallest absolute Gasteiger partial charge is 0.0692 e. The van der Waals surface area contributed by atoms with Gasteiger partial charge >= 0.3 is 0 Å². The van der Waals surface area contributed by atoms with Crippen molar-refractivity contribution in [1.29, 1.82) is 0 Å². The van der Waals surface area contributed by atoms with Crippen molar-refractivity contribution in [3.8, 4) is 0 Å². The second kappa shape index (κ2) is 3.90. The van der Waals surface area contributed by atoms with Crippen molar-refractivity contribution < 1.29 is 0 Å². The number of hydrogen-bond acceptors (Lipinski definition) is 2. The van der Waals surface area contributed by atoms with Gasteiger partial charge in [-0.3, -0.25) is 0 Å². The molecule has 0 radical (unpaired) electrons. The molecule has 0 aromatic rings. The number of aliphatic imine (C=N–C) groups is 1. The minimum Gasteiger partial charge on any atom is -0.228 e. The van der Waals surface area contributed by atoms with Crippen molar-refractivity contribution in [1.82, 2.24) is 0 Å². The Morgan fingerprint density at radius 1 is 1.33 bits per heavy atom. The Morgan fingerprint density at radius 2 is 2.06 bits per heavy atom. The second-order valence-corrected chi connectivity index (χ2v) is 8.18. The van der Waals surface area contributed by atoms with Crippen LogP contribution in [0.15, 0.2) is 4.99 Å². The van der Waals surface area contributed by atoms with Crippen molar-refractivity contribution >= 4 is 17.4 Å². The monoisotopic (exact) mass is 263 g/mol. The van der Waals surface area contributed by atoms with E-state index in [4.69, 9.17) is 12.2 Å². The first-order valence-corrected chi connectivity index (χ1v) is 7.89. The Hall–Kier alpha value is -0.200. The minimum absolute atomic E-state index is 0.399. The summed E-state index contributed by atoms with van der Waals surface area (Å²) in [6, 6.07) is 0.437. The summed E-state index contributed by atoms with van der Waals surface area (Å²) in [5, 5.41) is 2.71. The Labute approximate surface area is 116 Å². The first-order valence-electron chi connectivity index (χ1n) is 7.48. The topological polar surface area (TPSA) is 12.4 Å². The molecule has 4 bridgehead atoms. The number of thiocarbonyl (C=S) groups is 1. The van der Waals surface area contributed by atoms with E-state index >= 15 is 0 Å². The maximum Gasteiger partial charge on any atom is 0.0692 e. The highest BCUT2D eigenvalue weighted by molar-refractivity contribution is 7.78. The van der Waals surface area contributed by atoms with E-state index in [2.05, 4.69) is 37.8 Å². The van der Waals surface area contributed by atoms with Crippen LogP contribution < -0.4 is 0 Å². The third kappa shape index (κ3) is 1.51. The summed E-state index contributed by atoms with van der Waals surface area (Å²) in [4.78, 5) is 4.66. The van der Waals surface area contributed by atoms with E-state index in [-0.39, 0.29) is 0 Å². The molecule has 0 heterocycles. The highest BCUT2D eigenvalue weighted by Crippen LogP contribution is 2.70. The lowest BCUT2D eigenvalue weighted by atomic mass is 9.50. The Morgan fingerprint density at radius 3 is 2.61 bits per heavy atom. The molecule has 0 aliphatic heterocycles. The zero-order valence-electron chi connectivity index (χ0n) is 12.1. The second-order valence-electron chi connectivity index (χ2n) is 7.99. The van der Waals surface area contributed by atoms with Crippen LogP contribution in [0.25, 0.3) is 0 Å². The molecule has 100 valence electrons. The van der Waals surface area contributed by atoms with Crippen molar-refractivity contribution in [2.45, 2.75) is 59.4 Å². The summed E-state index contributed by atoms with van der Waals surface area (Å²) >= 11 is 4.93. The van der Waals surface area contributed by atoms with Crippen LogP contribution in [0.4, 0.5) is 0 Å². The molecule has 4 rings (SSSR count). The Bertz CT molecular complexity index is 411. The van der Waals surface area contributed by atoms with Gasteiger partial charge in [-0.15, -0.1) is 0 Å². The molecule has 0 spiro atoms. The summed E-state index contributed by atoms with van der Waals surface area (Å²) in [5.74, 6) is 3.23. The first-order chi connectivity index (χ1) is 8.41. The fourth-order valence-electron chi connectivity index (χ4n) is 6.11. The molecule has 6 unspecified atom stereocenters. The zero-order valence-corrected chi connectivity index (χ0v) is 12.9. The van der Waals surface area contributed by atoms with Gasteiger partial charge in [-0.05, 0) is 72.4 Å². The van der Waals surface area contributed by atoms with Crippen LogP contribution in [-0.4, -0.2) is 11.2 Å². The number of nitrogens with zero attached hydrogens (tertiary/aromatic N) is 1. The van der Waals surface area contributed by atoms with Gasteiger partial charge in [0.25, 0.3) is 0 Å². The highest BCUT2D eigenvalue weighted by Gasteiger charge is 2.66. The van der Waals surface area contributed by atoms with E-state index in [0.29, 0.717) is 16.9 Å². The number of rotatable bonds is 2. The molecule has 0 amide bonds. The van der Waals surface area contributed by atoms with Gasteiger partial charge in [0.05, 0.1) is 11.2 Å². The van der Waals surface area contributed by atoms with E-state index < -0.39 is 0 Å². The molecule has 0 aromatic carbocycles. The van der Waals surface area contributed by atoms with Crippen LogP contribution in [0, 0.1) is 34.5 Å². The van der Waals surface area contributed by atoms with Crippen molar-refractivity contribution in [3.05, 3.63) is 0 Å². The molecule has 4 fully saturated rings. The fourth-order valence-corrected chi connectivity index (χ4v) is 6.23. The van der Waals surface area contributed by atoms with Gasteiger partial charge in [0.1, 0.15) is 0 Å². The lowest BCUT2D eigenvalue weighted by Gasteiger charge is -2.55. The highest BCUT2D eigenvalue weighted by atomic mass is 32.1. The van der Waals surface area contributed by atoms with Crippen LogP contribution in [0.5, 0.6) is 0 Å². The lowest BCUT2D eigenvalue weighted by molar-refractivity contribution is -0.0471. The van der Waals surface area contributed by atoms with E-state index in [1.807, 2.05) is 0 Å². The molecule has 0 saturated heterocycles. The van der Waals surface area contributed by atoms with Crippen LogP contribution in [0.1, 0.15) is 53.4 Å². The molecule has 18 heavy (non-hydrogen) atoms. The van der Waals surface area contributed by atoms with Gasteiger partial charge in [0, 0.05) is 0 Å². The third-order valence-corrected chi connectivity index (χ3v) is 6.56. The Kier molecular flexibility index (Phi) is 2.78. The number of isothiocyanates is 1. The zero-order chi connectivity index (χ0) is 13.1. The van der Waals surface area contributed by atoms with E-state index in [9.17, 15) is 0 Å². The van der Waals surface area contributed by atoms with Gasteiger partial charge in [-0.1, -0.05) is 27.7 Å². The lowest BCUT2D eigenvalue weighted by Crippen LogP contribution is -2.47. The largest absolute Gasteiger partial charge is 0.228 e. The van der Waals surface area contributed by atoms with E-state index in [1.165, 1.54) is 25.7 Å². The maximum atomic E-state index is 4.93. The quantitative estimate of drug-likeness (QED) is 0.525. The minimum atomic E-state index is 0.399. The molecular weight excluding hydrogens is 238 g/mol. The van der Waals surface area contributed by atoms with Gasteiger partial charge in [-0.2, -0.15) is 0 Å². The number of fused-ring (bicyclic) bond motifs is 1. The predicted octanol–water partition coefficient (Wildman–Crippen LogP) is 4.58. The van der Waals surface area contributed by atoms with Gasteiger partial charge in [0.2, 0.25) is 0 Å². The SMILES string of the molecule is CC(C)C1C2CC3(C)CCC2C(C)(C3)C1N=C=S. The maximum absolute atomic E-state index is 4.93. The molecule has 0 N–H and O–H groups in total. The number of hydrogen-bond donors (Lipinski definition) is 0. The molecule has 4 saturated carbocycles. The average Bonchev–Trinajstić information content (AvgIpc) is 2.43. The van der Waals surface area contributed by atoms with Crippen molar-refractivity contribution in [2.24, 2.45) is 39.5 Å². The summed E-state index contributed by atoms with van der Waals surface area (Å²) in [6.07, 6.45) is 5.64. The summed E-state index contributed by atoms with van der Waals surface area (Å²) in [5.41, 5.74) is 0.976. The summed E-state index contributed by atoms with van der Waals surface area (Å²) in [6.45, 7) is 9.74. The van der Waals surface area contributed by atoms with Crippen LogP contribution >= 0.6 is 12.2 Å². The first kappa shape index (κ1) is 12.8. The van der Waals surface area contributed by atoms with Crippen molar-refractivity contribution in [3.63, 3.8) is 0 Å². The van der Waals surface area contributed by atoms with Crippen LogP contribution in [0.3, 0.4) is 0 Å². The van der Waals surface area contributed by atoms with Crippen LogP contribution in [0.2, 0.25) is 0 Å².